The van der Waals surface area contributed by atoms with Gasteiger partial charge in [-0.05, 0) is 83.5 Å². The molecule has 0 aliphatic carbocycles. The normalized spacial score (nSPS) is 12.9. The molecule has 0 rings (SSSR count). The van der Waals surface area contributed by atoms with E-state index in [1.54, 1.807) is 0 Å². The summed E-state index contributed by atoms with van der Waals surface area (Å²) < 4.78 is 5.47. The zero-order chi connectivity index (χ0) is 51.4. The summed E-state index contributed by atoms with van der Waals surface area (Å²) in [6.45, 7) is 4.91. The van der Waals surface area contributed by atoms with Crippen LogP contribution in [0.5, 0.6) is 0 Å². The van der Waals surface area contributed by atoms with Gasteiger partial charge in [0.15, 0.2) is 0 Å². The lowest BCUT2D eigenvalue weighted by atomic mass is 10.0. The van der Waals surface area contributed by atoms with E-state index in [4.69, 9.17) is 4.74 Å². The molecule has 0 saturated heterocycles. The molecule has 0 heterocycles. The third-order valence-corrected chi connectivity index (χ3v) is 14.4. The van der Waals surface area contributed by atoms with Gasteiger partial charge < -0.3 is 20.3 Å². The average Bonchev–Trinajstić information content (AvgIpc) is 3.37. The van der Waals surface area contributed by atoms with E-state index in [2.05, 4.69) is 67.8 Å². The molecule has 0 radical (unpaired) electrons. The Morgan fingerprint density at radius 3 is 1.11 bits per heavy atom. The number of rotatable bonds is 58. The van der Waals surface area contributed by atoms with Crippen molar-refractivity contribution in [1.82, 2.24) is 5.32 Å². The first-order valence-corrected chi connectivity index (χ1v) is 31.4. The minimum Gasteiger partial charge on any atom is -0.466 e. The zero-order valence-corrected chi connectivity index (χ0v) is 47.5. The maximum atomic E-state index is 12.5. The molecule has 0 fully saturated rings. The van der Waals surface area contributed by atoms with Gasteiger partial charge in [-0.1, -0.05) is 281 Å². The number of unbranched alkanes of at least 4 members (excludes halogenated alkanes) is 39. The Bertz CT molecular complexity index is 1190. The fraction of sp³-hybridized carbons (Fsp3) is 0.846. The minimum absolute atomic E-state index is 0.00589. The second-order valence-corrected chi connectivity index (χ2v) is 21.4. The lowest BCUT2D eigenvalue weighted by Crippen LogP contribution is -2.45. The van der Waals surface area contributed by atoms with Gasteiger partial charge in [-0.3, -0.25) is 9.59 Å². The number of nitrogens with one attached hydrogen (secondary N) is 1. The number of hydrogen-bond donors (Lipinski definition) is 3. The van der Waals surface area contributed by atoms with E-state index in [1.807, 2.05) is 0 Å². The van der Waals surface area contributed by atoms with Crippen molar-refractivity contribution in [2.75, 3.05) is 13.2 Å². The maximum Gasteiger partial charge on any atom is 0.305 e. The quantitative estimate of drug-likeness (QED) is 0.0321. The van der Waals surface area contributed by atoms with Crippen LogP contribution in [0.25, 0.3) is 0 Å². The predicted octanol–water partition coefficient (Wildman–Crippen LogP) is 19.7. The monoisotopic (exact) mass is 996 g/mol. The van der Waals surface area contributed by atoms with E-state index in [0.717, 1.165) is 57.8 Å². The highest BCUT2D eigenvalue weighted by Gasteiger charge is 2.20. The number of carbonyl (C=O) groups is 2. The number of aliphatic hydroxyl groups is 2. The summed E-state index contributed by atoms with van der Waals surface area (Å²) in [6, 6.07) is -0.547. The first kappa shape index (κ1) is 68.8. The summed E-state index contributed by atoms with van der Waals surface area (Å²) in [4.78, 5) is 24.5. The molecular weight excluding hydrogens is 875 g/mol. The van der Waals surface area contributed by atoms with Gasteiger partial charge in [0.25, 0.3) is 0 Å². The highest BCUT2D eigenvalue weighted by atomic mass is 16.5. The number of hydrogen-bond acceptors (Lipinski definition) is 5. The summed E-state index contributed by atoms with van der Waals surface area (Å²) in [6.07, 6.45) is 76.9. The number of aliphatic hydroxyl groups excluding tert-OH is 2. The molecule has 0 aromatic carbocycles. The SMILES string of the molecule is CCCC/C=C\C/C=C\CCCCCCCC(=O)OCCCCCCCCCCC/C=C\C/C=C\CCCCCCCCCCCC(=O)NC(CO)C(O)CCCCCCCCCCCCCCCCC. The van der Waals surface area contributed by atoms with E-state index in [-0.39, 0.29) is 18.5 Å². The van der Waals surface area contributed by atoms with Crippen LogP contribution >= 0.6 is 0 Å². The van der Waals surface area contributed by atoms with Crippen LogP contribution < -0.4 is 5.32 Å². The van der Waals surface area contributed by atoms with Gasteiger partial charge in [-0.2, -0.15) is 0 Å². The van der Waals surface area contributed by atoms with Crippen molar-refractivity contribution in [3.63, 3.8) is 0 Å². The Balaban J connectivity index is 3.44. The highest BCUT2D eigenvalue weighted by molar-refractivity contribution is 5.76. The third kappa shape index (κ3) is 57.0. The molecule has 6 heteroatoms. The zero-order valence-electron chi connectivity index (χ0n) is 47.5. The second kappa shape index (κ2) is 60.4. The van der Waals surface area contributed by atoms with Crippen LogP contribution in [0, 0.1) is 0 Å². The minimum atomic E-state index is -0.669. The first-order chi connectivity index (χ1) is 35.0. The molecular formula is C65H121NO5. The smallest absolute Gasteiger partial charge is 0.305 e. The van der Waals surface area contributed by atoms with Gasteiger partial charge in [0, 0.05) is 12.8 Å². The first-order valence-electron chi connectivity index (χ1n) is 31.4. The average molecular weight is 997 g/mol. The molecule has 0 spiro atoms. The number of allylic oxidation sites excluding steroid dienone is 8. The molecule has 2 atom stereocenters. The molecule has 0 aliphatic heterocycles. The van der Waals surface area contributed by atoms with Crippen LogP contribution in [-0.4, -0.2) is 47.4 Å². The van der Waals surface area contributed by atoms with Crippen molar-refractivity contribution >= 4 is 11.9 Å². The van der Waals surface area contributed by atoms with Crippen molar-refractivity contribution < 1.29 is 24.5 Å². The van der Waals surface area contributed by atoms with Gasteiger partial charge in [-0.15, -0.1) is 0 Å². The molecule has 0 aromatic rings. The van der Waals surface area contributed by atoms with Gasteiger partial charge >= 0.3 is 5.97 Å². The van der Waals surface area contributed by atoms with Gasteiger partial charge in [0.05, 0.1) is 25.4 Å². The summed E-state index contributed by atoms with van der Waals surface area (Å²) in [7, 11) is 0. The molecule has 0 saturated carbocycles. The molecule has 0 bridgehead atoms. The number of amides is 1. The van der Waals surface area contributed by atoms with Crippen LogP contribution in [0.15, 0.2) is 48.6 Å². The molecule has 6 nitrogen and oxygen atoms in total. The van der Waals surface area contributed by atoms with E-state index in [1.165, 1.54) is 238 Å². The van der Waals surface area contributed by atoms with Crippen LogP contribution in [0.2, 0.25) is 0 Å². The number of carbonyl (C=O) groups excluding carboxylic acids is 2. The molecule has 71 heavy (non-hydrogen) atoms. The highest BCUT2D eigenvalue weighted by Crippen LogP contribution is 2.17. The number of ether oxygens (including phenoxy) is 1. The number of esters is 1. The van der Waals surface area contributed by atoms with Crippen LogP contribution in [-0.2, 0) is 14.3 Å². The molecule has 416 valence electrons. The molecule has 1 amide bonds. The molecule has 2 unspecified atom stereocenters. The third-order valence-electron chi connectivity index (χ3n) is 14.4. The fourth-order valence-corrected chi connectivity index (χ4v) is 9.51. The molecule has 0 aromatic heterocycles. The maximum absolute atomic E-state index is 12.5. The lowest BCUT2D eigenvalue weighted by Gasteiger charge is -2.22. The van der Waals surface area contributed by atoms with Crippen molar-refractivity contribution in [3.05, 3.63) is 48.6 Å². The summed E-state index contributed by atoms with van der Waals surface area (Å²) in [5.74, 6) is -0.0462. The standard InChI is InChI=1S/C65H121NO5/c1-3-5-7-9-11-13-15-17-30-33-37-41-45-49-53-57-63(68)62(61-67)66-64(69)58-54-50-46-42-38-34-31-28-26-24-22-20-19-21-23-25-27-29-32-36-40-44-48-52-56-60-71-65(70)59-55-51-47-43-39-35-18-16-14-12-10-8-6-4-2/h10,12,16,18,20-23,62-63,67-68H,3-9,11,13-15,17,19,24-61H2,1-2H3,(H,66,69)/b12-10-,18-16-,22-20-,23-21-. The Kier molecular flexibility index (Phi) is 58.5. The van der Waals surface area contributed by atoms with Crippen LogP contribution in [0.1, 0.15) is 328 Å². The van der Waals surface area contributed by atoms with E-state index < -0.39 is 12.1 Å². The Morgan fingerprint density at radius 2 is 0.718 bits per heavy atom. The van der Waals surface area contributed by atoms with E-state index in [0.29, 0.717) is 25.9 Å². The lowest BCUT2D eigenvalue weighted by molar-refractivity contribution is -0.143. The Morgan fingerprint density at radius 1 is 0.394 bits per heavy atom. The van der Waals surface area contributed by atoms with Gasteiger partial charge in [0.1, 0.15) is 0 Å². The molecule has 3 N–H and O–H groups in total. The summed E-state index contributed by atoms with van der Waals surface area (Å²) in [5.41, 5.74) is 0. The second-order valence-electron chi connectivity index (χ2n) is 21.4. The van der Waals surface area contributed by atoms with Crippen molar-refractivity contribution in [3.8, 4) is 0 Å². The summed E-state index contributed by atoms with van der Waals surface area (Å²) >= 11 is 0. The molecule has 0 aliphatic rings. The largest absolute Gasteiger partial charge is 0.466 e. The van der Waals surface area contributed by atoms with Crippen LogP contribution in [0.4, 0.5) is 0 Å². The topological polar surface area (TPSA) is 95.9 Å². The van der Waals surface area contributed by atoms with E-state index in [9.17, 15) is 19.8 Å². The predicted molar refractivity (Wildman–Crippen MR) is 310 cm³/mol. The fourth-order valence-electron chi connectivity index (χ4n) is 9.51. The van der Waals surface area contributed by atoms with Crippen LogP contribution in [0.3, 0.4) is 0 Å². The Labute approximate surface area is 442 Å². The van der Waals surface area contributed by atoms with E-state index >= 15 is 0 Å². The van der Waals surface area contributed by atoms with Gasteiger partial charge in [-0.25, -0.2) is 0 Å². The van der Waals surface area contributed by atoms with Crippen molar-refractivity contribution in [2.45, 2.75) is 341 Å². The van der Waals surface area contributed by atoms with Crippen molar-refractivity contribution in [2.24, 2.45) is 0 Å². The summed E-state index contributed by atoms with van der Waals surface area (Å²) in [5, 5.41) is 23.3. The van der Waals surface area contributed by atoms with Gasteiger partial charge in [0.2, 0.25) is 5.91 Å². The van der Waals surface area contributed by atoms with Crippen molar-refractivity contribution in [1.29, 1.82) is 0 Å². The Hall–Kier alpha value is -2.18.